The van der Waals surface area contributed by atoms with Gasteiger partial charge in [-0.3, -0.25) is 0 Å². The van der Waals surface area contributed by atoms with E-state index in [1.807, 2.05) is 31.2 Å². The molecular weight excluding hydrogens is 256 g/mol. The van der Waals surface area contributed by atoms with E-state index in [1.165, 1.54) is 11.8 Å². The van der Waals surface area contributed by atoms with Crippen LogP contribution in [0.2, 0.25) is 5.02 Å². The predicted octanol–water partition coefficient (Wildman–Crippen LogP) is 2.88. The highest BCUT2D eigenvalue weighted by molar-refractivity contribution is 7.99. The Kier molecular flexibility index (Phi) is 3.83. The van der Waals surface area contributed by atoms with E-state index in [-0.39, 0.29) is 0 Å². The highest BCUT2D eigenvalue weighted by atomic mass is 35.5. The molecule has 2 aromatic rings. The van der Waals surface area contributed by atoms with Gasteiger partial charge in [0.05, 0.1) is 0 Å². The van der Waals surface area contributed by atoms with Gasteiger partial charge < -0.3 is 5.43 Å². The summed E-state index contributed by atoms with van der Waals surface area (Å²) in [6.45, 7) is 1.82. The summed E-state index contributed by atoms with van der Waals surface area (Å²) in [4.78, 5) is 9.47. The number of aryl methyl sites for hydroxylation is 1. The Morgan fingerprint density at radius 3 is 2.82 bits per heavy atom. The zero-order valence-electron chi connectivity index (χ0n) is 9.14. The van der Waals surface area contributed by atoms with Crippen molar-refractivity contribution in [2.24, 2.45) is 5.84 Å². The summed E-state index contributed by atoms with van der Waals surface area (Å²) in [6.07, 6.45) is 0. The molecule has 0 radical (unpaired) electrons. The van der Waals surface area contributed by atoms with Crippen LogP contribution in [0.15, 0.2) is 40.3 Å². The monoisotopic (exact) mass is 266 g/mol. The van der Waals surface area contributed by atoms with Crippen LogP contribution < -0.4 is 11.3 Å². The van der Waals surface area contributed by atoms with E-state index in [2.05, 4.69) is 15.4 Å². The average molecular weight is 267 g/mol. The second kappa shape index (κ2) is 5.35. The molecule has 0 atom stereocenters. The van der Waals surface area contributed by atoms with Crippen molar-refractivity contribution in [3.8, 4) is 0 Å². The molecule has 1 heterocycles. The summed E-state index contributed by atoms with van der Waals surface area (Å²) < 4.78 is 0. The van der Waals surface area contributed by atoms with Crippen LogP contribution in [0.25, 0.3) is 0 Å². The third-order valence-corrected chi connectivity index (χ3v) is 3.12. The third-order valence-electron chi connectivity index (χ3n) is 1.98. The highest BCUT2D eigenvalue weighted by Gasteiger charge is 2.03. The maximum absolute atomic E-state index is 5.92. The number of aromatic nitrogens is 2. The number of hydrogen-bond acceptors (Lipinski definition) is 5. The Labute approximate surface area is 109 Å². The summed E-state index contributed by atoms with van der Waals surface area (Å²) >= 11 is 7.44. The van der Waals surface area contributed by atoms with Crippen LogP contribution in [0.5, 0.6) is 0 Å². The van der Waals surface area contributed by atoms with Gasteiger partial charge in [-0.15, -0.1) is 0 Å². The van der Waals surface area contributed by atoms with Crippen LogP contribution in [-0.4, -0.2) is 9.97 Å². The largest absolute Gasteiger partial charge is 0.308 e. The van der Waals surface area contributed by atoms with Crippen LogP contribution in [0.4, 0.5) is 5.82 Å². The minimum atomic E-state index is 0.599. The van der Waals surface area contributed by atoms with Crippen molar-refractivity contribution in [2.75, 3.05) is 5.43 Å². The lowest BCUT2D eigenvalue weighted by molar-refractivity contribution is 0.964. The lowest BCUT2D eigenvalue weighted by atomic mass is 10.4. The molecule has 0 fully saturated rings. The maximum Gasteiger partial charge on any atom is 0.144 e. The topological polar surface area (TPSA) is 63.8 Å². The Balaban J connectivity index is 2.26. The van der Waals surface area contributed by atoms with E-state index in [0.717, 1.165) is 9.92 Å². The molecule has 0 unspecified atom stereocenters. The Hall–Kier alpha value is -1.30. The van der Waals surface area contributed by atoms with Gasteiger partial charge in [-0.1, -0.05) is 29.4 Å². The maximum atomic E-state index is 5.92. The minimum absolute atomic E-state index is 0.599. The van der Waals surface area contributed by atoms with Crippen molar-refractivity contribution in [2.45, 2.75) is 16.8 Å². The molecule has 17 heavy (non-hydrogen) atoms. The first-order chi connectivity index (χ1) is 8.17. The molecule has 0 saturated carbocycles. The fourth-order valence-corrected chi connectivity index (χ4v) is 2.50. The number of anilines is 1. The predicted molar refractivity (Wildman–Crippen MR) is 70.2 cm³/mol. The van der Waals surface area contributed by atoms with E-state index in [0.29, 0.717) is 16.7 Å². The first-order valence-electron chi connectivity index (χ1n) is 4.93. The molecule has 1 aromatic carbocycles. The van der Waals surface area contributed by atoms with Crippen LogP contribution in [0.1, 0.15) is 5.82 Å². The summed E-state index contributed by atoms with van der Waals surface area (Å²) in [7, 11) is 0. The fourth-order valence-electron chi connectivity index (χ4n) is 1.32. The van der Waals surface area contributed by atoms with Gasteiger partial charge in [0.2, 0.25) is 0 Å². The number of hydrogen-bond donors (Lipinski definition) is 2. The number of hydrazine groups is 1. The van der Waals surface area contributed by atoms with Gasteiger partial charge in [0.15, 0.2) is 0 Å². The van der Waals surface area contributed by atoms with Gasteiger partial charge in [-0.25, -0.2) is 15.8 Å². The summed E-state index contributed by atoms with van der Waals surface area (Å²) in [5.41, 5.74) is 2.51. The Morgan fingerprint density at radius 1 is 1.29 bits per heavy atom. The number of nitrogens with two attached hydrogens (primary N) is 1. The van der Waals surface area contributed by atoms with E-state index >= 15 is 0 Å². The van der Waals surface area contributed by atoms with E-state index in [9.17, 15) is 0 Å². The van der Waals surface area contributed by atoms with Crippen LogP contribution >= 0.6 is 23.4 Å². The molecule has 88 valence electrons. The number of rotatable bonds is 3. The Bertz CT molecular complexity index is 533. The molecule has 3 N–H and O–H groups in total. The van der Waals surface area contributed by atoms with Crippen molar-refractivity contribution in [3.05, 3.63) is 41.2 Å². The minimum Gasteiger partial charge on any atom is -0.308 e. The second-order valence-corrected chi connectivity index (χ2v) is 4.87. The fraction of sp³-hybridized carbons (Fsp3) is 0.0909. The van der Waals surface area contributed by atoms with Crippen molar-refractivity contribution in [3.63, 3.8) is 0 Å². The molecule has 0 spiro atoms. The molecule has 0 saturated heterocycles. The van der Waals surface area contributed by atoms with E-state index in [4.69, 9.17) is 17.4 Å². The standard InChI is InChI=1S/C11H11ClN4S/c1-7-14-10(16-13)6-11(15-7)17-9-4-2-3-8(12)5-9/h2-6H,13H2,1H3,(H,14,15,16). The number of nitrogens with zero attached hydrogens (tertiary/aromatic N) is 2. The summed E-state index contributed by atoms with van der Waals surface area (Å²) in [5, 5.41) is 1.53. The third kappa shape index (κ3) is 3.33. The zero-order chi connectivity index (χ0) is 12.3. The van der Waals surface area contributed by atoms with Crippen molar-refractivity contribution >= 4 is 29.2 Å². The first-order valence-corrected chi connectivity index (χ1v) is 6.12. The lowest BCUT2D eigenvalue weighted by Crippen LogP contribution is -2.09. The number of nitrogen functional groups attached to an aromatic ring is 1. The van der Waals surface area contributed by atoms with Crippen LogP contribution in [-0.2, 0) is 0 Å². The zero-order valence-corrected chi connectivity index (χ0v) is 10.7. The smallest absolute Gasteiger partial charge is 0.144 e. The van der Waals surface area contributed by atoms with Crippen LogP contribution in [0, 0.1) is 6.92 Å². The number of halogens is 1. The van der Waals surface area contributed by atoms with Gasteiger partial charge in [0.1, 0.15) is 16.7 Å². The quantitative estimate of drug-likeness (QED) is 0.508. The normalized spacial score (nSPS) is 10.3. The molecule has 4 nitrogen and oxygen atoms in total. The van der Waals surface area contributed by atoms with Gasteiger partial charge in [0.25, 0.3) is 0 Å². The molecule has 0 aliphatic rings. The first kappa shape index (κ1) is 12.2. The second-order valence-electron chi connectivity index (χ2n) is 3.34. The summed E-state index contributed by atoms with van der Waals surface area (Å²) in [5.74, 6) is 6.60. The molecule has 0 bridgehead atoms. The number of nitrogens with one attached hydrogen (secondary N) is 1. The lowest BCUT2D eigenvalue weighted by Gasteiger charge is -2.05. The molecule has 0 aliphatic carbocycles. The van der Waals surface area contributed by atoms with Crippen LogP contribution in [0.3, 0.4) is 0 Å². The SMILES string of the molecule is Cc1nc(NN)cc(Sc2cccc(Cl)c2)n1. The average Bonchev–Trinajstić information content (AvgIpc) is 2.28. The van der Waals surface area contributed by atoms with E-state index < -0.39 is 0 Å². The van der Waals surface area contributed by atoms with Gasteiger partial charge in [-0.2, -0.15) is 0 Å². The van der Waals surface area contributed by atoms with Gasteiger partial charge in [-0.05, 0) is 25.1 Å². The molecule has 1 aromatic heterocycles. The van der Waals surface area contributed by atoms with Gasteiger partial charge in [0, 0.05) is 16.0 Å². The molecule has 0 aliphatic heterocycles. The van der Waals surface area contributed by atoms with Crippen molar-refractivity contribution < 1.29 is 0 Å². The highest BCUT2D eigenvalue weighted by Crippen LogP contribution is 2.28. The molecule has 2 rings (SSSR count). The van der Waals surface area contributed by atoms with Crippen molar-refractivity contribution in [1.29, 1.82) is 0 Å². The number of benzene rings is 1. The molecule has 6 heteroatoms. The molecule has 0 amide bonds. The summed E-state index contributed by atoms with van der Waals surface area (Å²) in [6, 6.07) is 9.39. The van der Waals surface area contributed by atoms with Gasteiger partial charge >= 0.3 is 0 Å². The van der Waals surface area contributed by atoms with Crippen molar-refractivity contribution in [1.82, 2.24) is 9.97 Å². The Morgan fingerprint density at radius 2 is 2.12 bits per heavy atom. The van der Waals surface area contributed by atoms with E-state index in [1.54, 1.807) is 6.07 Å². The molecular formula is C11H11ClN4S.